The van der Waals surface area contributed by atoms with E-state index in [1.54, 1.807) is 6.92 Å². The third kappa shape index (κ3) is 0.827. The number of halogens is 1. The Hall–Kier alpha value is -1.65. The lowest BCUT2D eigenvalue weighted by Crippen LogP contribution is -1.97. The Morgan fingerprint density at radius 2 is 2.25 bits per heavy atom. The molecule has 0 radical (unpaired) electrons. The zero-order valence-corrected chi connectivity index (χ0v) is 6.43. The molecule has 3 N–H and O–H groups in total. The monoisotopic (exact) mass is 166 g/mol. The maximum atomic E-state index is 13.0. The Morgan fingerprint density at radius 1 is 1.50 bits per heavy atom. The molecule has 62 valence electrons. The quantitative estimate of drug-likeness (QED) is 0.613. The van der Waals surface area contributed by atoms with Crippen molar-refractivity contribution in [2.24, 2.45) is 0 Å². The van der Waals surface area contributed by atoms with Crippen LogP contribution in [0, 0.1) is 12.7 Å². The van der Waals surface area contributed by atoms with Gasteiger partial charge >= 0.3 is 0 Å². The number of nitrogen functional groups attached to an aromatic ring is 1. The number of H-pyrrole nitrogens is 1. The van der Waals surface area contributed by atoms with Crippen LogP contribution in [0.2, 0.25) is 0 Å². The number of nitrogens with one attached hydrogen (secondary N) is 1. The molecule has 0 saturated heterocycles. The maximum absolute atomic E-state index is 13.0. The van der Waals surface area contributed by atoms with Crippen LogP contribution in [0.5, 0.6) is 0 Å². The number of aromatic amines is 1. The standard InChI is InChI=1S/C7H7FN4/c1-3-5-4(8)2-10-6(5)12-7(9)11-3/h2H,1H3,(H3,9,10,11,12). The maximum Gasteiger partial charge on any atom is 0.222 e. The first-order valence-electron chi connectivity index (χ1n) is 3.45. The zero-order chi connectivity index (χ0) is 8.72. The van der Waals surface area contributed by atoms with Gasteiger partial charge in [-0.3, -0.25) is 0 Å². The molecule has 0 bridgehead atoms. The minimum Gasteiger partial charge on any atom is -0.368 e. The highest BCUT2D eigenvalue weighted by Crippen LogP contribution is 2.17. The summed E-state index contributed by atoms with van der Waals surface area (Å²) in [6.45, 7) is 1.69. The van der Waals surface area contributed by atoms with E-state index in [-0.39, 0.29) is 11.8 Å². The number of hydrogen-bond donors (Lipinski definition) is 2. The SMILES string of the molecule is Cc1nc(N)nc2[nH]cc(F)c12. The molecule has 2 rings (SSSR count). The Bertz CT molecular complexity index is 434. The summed E-state index contributed by atoms with van der Waals surface area (Å²) in [5, 5.41) is 0.407. The van der Waals surface area contributed by atoms with Crippen molar-refractivity contribution >= 4 is 17.0 Å². The first-order valence-corrected chi connectivity index (χ1v) is 3.45. The Labute approximate surface area is 67.6 Å². The first-order chi connectivity index (χ1) is 5.68. The molecule has 0 aliphatic carbocycles. The molecule has 2 heterocycles. The number of anilines is 1. The van der Waals surface area contributed by atoms with Gasteiger partial charge in [0, 0.05) is 6.20 Å². The summed E-state index contributed by atoms with van der Waals surface area (Å²) in [5.41, 5.74) is 6.36. The Morgan fingerprint density at radius 3 is 3.00 bits per heavy atom. The number of hydrogen-bond acceptors (Lipinski definition) is 3. The van der Waals surface area contributed by atoms with E-state index in [4.69, 9.17) is 5.73 Å². The van der Waals surface area contributed by atoms with Crippen molar-refractivity contribution < 1.29 is 4.39 Å². The Balaban J connectivity index is 2.93. The molecule has 0 unspecified atom stereocenters. The number of nitrogens with two attached hydrogens (primary N) is 1. The van der Waals surface area contributed by atoms with Crippen LogP contribution in [0.4, 0.5) is 10.3 Å². The van der Waals surface area contributed by atoms with Crippen LogP contribution in [0.25, 0.3) is 11.0 Å². The molecular weight excluding hydrogens is 159 g/mol. The normalized spacial score (nSPS) is 10.8. The van der Waals surface area contributed by atoms with Crippen molar-refractivity contribution in [1.82, 2.24) is 15.0 Å². The zero-order valence-electron chi connectivity index (χ0n) is 6.43. The highest BCUT2D eigenvalue weighted by atomic mass is 19.1. The largest absolute Gasteiger partial charge is 0.368 e. The van der Waals surface area contributed by atoms with E-state index in [0.29, 0.717) is 16.7 Å². The smallest absolute Gasteiger partial charge is 0.222 e. The number of aryl methyl sites for hydroxylation is 1. The van der Waals surface area contributed by atoms with Gasteiger partial charge in [0.05, 0.1) is 11.1 Å². The molecule has 0 aliphatic rings. The van der Waals surface area contributed by atoms with Crippen LogP contribution in [0.15, 0.2) is 6.20 Å². The molecule has 0 saturated carbocycles. The van der Waals surface area contributed by atoms with Gasteiger partial charge in [-0.15, -0.1) is 0 Å². The molecule has 0 aliphatic heterocycles. The molecule has 5 heteroatoms. The minimum absolute atomic E-state index is 0.154. The molecule has 0 aromatic carbocycles. The molecule has 4 nitrogen and oxygen atoms in total. The van der Waals surface area contributed by atoms with Crippen LogP contribution in [0.3, 0.4) is 0 Å². The van der Waals surface area contributed by atoms with Gasteiger partial charge in [-0.25, -0.2) is 9.37 Å². The van der Waals surface area contributed by atoms with E-state index < -0.39 is 0 Å². The summed E-state index contributed by atoms with van der Waals surface area (Å²) >= 11 is 0. The minimum atomic E-state index is -0.345. The summed E-state index contributed by atoms with van der Waals surface area (Å²) in [7, 11) is 0. The molecular formula is C7H7FN4. The second-order valence-corrected chi connectivity index (χ2v) is 2.53. The van der Waals surface area contributed by atoms with Crippen LogP contribution < -0.4 is 5.73 Å². The van der Waals surface area contributed by atoms with Crippen LogP contribution in [-0.2, 0) is 0 Å². The third-order valence-corrected chi connectivity index (χ3v) is 1.68. The molecule has 0 atom stereocenters. The van der Waals surface area contributed by atoms with Gasteiger partial charge in [0.2, 0.25) is 5.95 Å². The van der Waals surface area contributed by atoms with Gasteiger partial charge in [-0.2, -0.15) is 4.98 Å². The lowest BCUT2D eigenvalue weighted by atomic mass is 10.3. The van der Waals surface area contributed by atoms with E-state index in [2.05, 4.69) is 15.0 Å². The van der Waals surface area contributed by atoms with Crippen molar-refractivity contribution in [3.63, 3.8) is 0 Å². The molecule has 2 aromatic rings. The van der Waals surface area contributed by atoms with Gasteiger partial charge in [0.25, 0.3) is 0 Å². The van der Waals surface area contributed by atoms with Crippen LogP contribution in [-0.4, -0.2) is 15.0 Å². The molecule has 0 fully saturated rings. The van der Waals surface area contributed by atoms with Gasteiger partial charge in [-0.1, -0.05) is 0 Å². The van der Waals surface area contributed by atoms with Gasteiger partial charge in [0.15, 0.2) is 5.82 Å². The highest BCUT2D eigenvalue weighted by molar-refractivity contribution is 5.79. The van der Waals surface area contributed by atoms with E-state index in [1.807, 2.05) is 0 Å². The summed E-state index contributed by atoms with van der Waals surface area (Å²) in [5.74, 6) is -0.190. The topological polar surface area (TPSA) is 67.6 Å². The molecule has 0 spiro atoms. The van der Waals surface area contributed by atoms with E-state index in [1.165, 1.54) is 6.20 Å². The molecule has 2 aromatic heterocycles. The van der Waals surface area contributed by atoms with Crippen molar-refractivity contribution in [2.75, 3.05) is 5.73 Å². The van der Waals surface area contributed by atoms with Crippen molar-refractivity contribution in [1.29, 1.82) is 0 Å². The van der Waals surface area contributed by atoms with E-state index in [9.17, 15) is 4.39 Å². The average molecular weight is 166 g/mol. The third-order valence-electron chi connectivity index (χ3n) is 1.68. The molecule has 0 amide bonds. The van der Waals surface area contributed by atoms with E-state index in [0.717, 1.165) is 0 Å². The van der Waals surface area contributed by atoms with Crippen molar-refractivity contribution in [2.45, 2.75) is 6.92 Å². The summed E-state index contributed by atoms with van der Waals surface area (Å²) < 4.78 is 13.0. The van der Waals surface area contributed by atoms with E-state index >= 15 is 0 Å². The second-order valence-electron chi connectivity index (χ2n) is 2.53. The van der Waals surface area contributed by atoms with Gasteiger partial charge in [-0.05, 0) is 6.92 Å². The number of rotatable bonds is 0. The average Bonchev–Trinajstić information content (AvgIpc) is 2.31. The lowest BCUT2D eigenvalue weighted by molar-refractivity contribution is 0.638. The first kappa shape index (κ1) is 7.02. The fraction of sp³-hybridized carbons (Fsp3) is 0.143. The van der Waals surface area contributed by atoms with Crippen molar-refractivity contribution in [3.05, 3.63) is 17.7 Å². The van der Waals surface area contributed by atoms with Gasteiger partial charge in [0.1, 0.15) is 5.65 Å². The van der Waals surface area contributed by atoms with Crippen molar-refractivity contribution in [3.8, 4) is 0 Å². The highest BCUT2D eigenvalue weighted by Gasteiger charge is 2.08. The predicted octanol–water partition coefficient (Wildman–Crippen LogP) is 0.988. The lowest BCUT2D eigenvalue weighted by Gasteiger charge is -1.96. The van der Waals surface area contributed by atoms with Crippen LogP contribution in [0.1, 0.15) is 5.69 Å². The van der Waals surface area contributed by atoms with Gasteiger partial charge < -0.3 is 10.7 Å². The Kier molecular flexibility index (Phi) is 1.27. The summed E-state index contributed by atoms with van der Waals surface area (Å²) in [6.07, 6.45) is 1.24. The number of aromatic nitrogens is 3. The number of nitrogens with zero attached hydrogens (tertiary/aromatic N) is 2. The second kappa shape index (κ2) is 2.17. The van der Waals surface area contributed by atoms with Crippen LogP contribution >= 0.6 is 0 Å². The predicted molar refractivity (Wildman–Crippen MR) is 43.0 cm³/mol. The summed E-state index contributed by atoms with van der Waals surface area (Å²) in [4.78, 5) is 10.3. The number of fused-ring (bicyclic) bond motifs is 1. The molecule has 12 heavy (non-hydrogen) atoms. The summed E-state index contributed by atoms with van der Waals surface area (Å²) in [6, 6.07) is 0. The fourth-order valence-electron chi connectivity index (χ4n) is 1.19. The fourth-order valence-corrected chi connectivity index (χ4v) is 1.19.